The largest absolute Gasteiger partial charge is 0.493 e. The van der Waals surface area contributed by atoms with Crippen molar-refractivity contribution in [2.75, 3.05) is 57.7 Å². The first-order valence-electron chi connectivity index (χ1n) is 12.0. The fourth-order valence-electron chi connectivity index (χ4n) is 4.73. The zero-order chi connectivity index (χ0) is 24.1. The molecule has 1 saturated carbocycles. The van der Waals surface area contributed by atoms with Gasteiger partial charge in [-0.1, -0.05) is 19.3 Å². The third-order valence-electron chi connectivity index (χ3n) is 6.58. The van der Waals surface area contributed by atoms with Crippen molar-refractivity contribution in [3.05, 3.63) is 29.5 Å². The maximum atomic E-state index is 13.2. The number of nitrogens with one attached hydrogen (secondary N) is 1. The van der Waals surface area contributed by atoms with E-state index in [2.05, 4.69) is 15.2 Å². The molecule has 0 unspecified atom stereocenters. The van der Waals surface area contributed by atoms with Gasteiger partial charge in [0.25, 0.3) is 5.91 Å². The number of hydrogen-bond donors (Lipinski definition) is 1. The van der Waals surface area contributed by atoms with Crippen LogP contribution < -0.4 is 24.4 Å². The number of piperazine rings is 1. The van der Waals surface area contributed by atoms with Gasteiger partial charge in [0, 0.05) is 49.5 Å². The zero-order valence-corrected chi connectivity index (χ0v) is 20.6. The SMILES string of the molecule is COc1cc(C(=O)N2CCN(c3cc(C)nc(NC4CCCCC4)n3)CC2)cc(OC)c1OC. The van der Waals surface area contributed by atoms with Crippen LogP contribution in [-0.2, 0) is 0 Å². The molecule has 9 heteroatoms. The summed E-state index contributed by atoms with van der Waals surface area (Å²) < 4.78 is 16.2. The molecule has 0 spiro atoms. The number of carbonyl (C=O) groups excluding carboxylic acids is 1. The lowest BCUT2D eigenvalue weighted by Gasteiger charge is -2.35. The number of nitrogens with zero attached hydrogens (tertiary/aromatic N) is 4. The monoisotopic (exact) mass is 469 g/mol. The van der Waals surface area contributed by atoms with Crippen LogP contribution in [0.15, 0.2) is 18.2 Å². The lowest BCUT2D eigenvalue weighted by molar-refractivity contribution is 0.0745. The van der Waals surface area contributed by atoms with Crippen molar-refractivity contribution in [3.63, 3.8) is 0 Å². The molecule has 0 atom stereocenters. The van der Waals surface area contributed by atoms with Gasteiger partial charge in [-0.3, -0.25) is 4.79 Å². The first-order valence-corrected chi connectivity index (χ1v) is 12.0. The van der Waals surface area contributed by atoms with Crippen LogP contribution >= 0.6 is 0 Å². The predicted molar refractivity (Wildman–Crippen MR) is 131 cm³/mol. The number of amides is 1. The number of methoxy groups -OCH3 is 3. The van der Waals surface area contributed by atoms with Crippen LogP contribution in [0.2, 0.25) is 0 Å². The Balaban J connectivity index is 1.43. The molecule has 1 aliphatic heterocycles. The summed E-state index contributed by atoms with van der Waals surface area (Å²) in [5.74, 6) is 2.97. The van der Waals surface area contributed by atoms with E-state index < -0.39 is 0 Å². The van der Waals surface area contributed by atoms with Gasteiger partial charge in [-0.2, -0.15) is 4.98 Å². The van der Waals surface area contributed by atoms with E-state index >= 15 is 0 Å². The minimum Gasteiger partial charge on any atom is -0.493 e. The molecule has 1 N–H and O–H groups in total. The lowest BCUT2D eigenvalue weighted by atomic mass is 9.96. The zero-order valence-electron chi connectivity index (χ0n) is 20.6. The van der Waals surface area contributed by atoms with E-state index in [4.69, 9.17) is 19.2 Å². The Morgan fingerprint density at radius 1 is 0.912 bits per heavy atom. The number of aromatic nitrogens is 2. The third-order valence-corrected chi connectivity index (χ3v) is 6.58. The predicted octanol–water partition coefficient (Wildman–Crippen LogP) is 3.52. The summed E-state index contributed by atoms with van der Waals surface area (Å²) in [6, 6.07) is 5.87. The highest BCUT2D eigenvalue weighted by atomic mass is 16.5. The maximum absolute atomic E-state index is 13.2. The second-order valence-electron chi connectivity index (χ2n) is 8.86. The van der Waals surface area contributed by atoms with Crippen molar-refractivity contribution in [2.24, 2.45) is 0 Å². The van der Waals surface area contributed by atoms with Crippen LogP contribution in [0.5, 0.6) is 17.2 Å². The molecular formula is C25H35N5O4. The first-order chi connectivity index (χ1) is 16.5. The Hall–Kier alpha value is -3.23. The fourth-order valence-corrected chi connectivity index (χ4v) is 4.73. The highest BCUT2D eigenvalue weighted by Gasteiger charge is 2.26. The van der Waals surface area contributed by atoms with E-state index in [1.165, 1.54) is 32.1 Å². The Bertz CT molecular complexity index is 976. The summed E-state index contributed by atoms with van der Waals surface area (Å²) in [5.41, 5.74) is 1.46. The van der Waals surface area contributed by atoms with Crippen LogP contribution in [-0.4, -0.2) is 74.3 Å². The average molecular weight is 470 g/mol. The van der Waals surface area contributed by atoms with Gasteiger partial charge in [0.15, 0.2) is 11.5 Å². The number of ether oxygens (including phenoxy) is 3. The summed E-state index contributed by atoms with van der Waals surface area (Å²) in [6.45, 7) is 4.61. The molecule has 184 valence electrons. The molecule has 1 amide bonds. The molecule has 1 saturated heterocycles. The van der Waals surface area contributed by atoms with Gasteiger partial charge >= 0.3 is 0 Å². The third kappa shape index (κ3) is 5.29. The van der Waals surface area contributed by atoms with Crippen molar-refractivity contribution in [2.45, 2.75) is 45.1 Å². The van der Waals surface area contributed by atoms with Crippen LogP contribution in [0.4, 0.5) is 11.8 Å². The van der Waals surface area contributed by atoms with E-state index in [0.29, 0.717) is 61.0 Å². The number of rotatable bonds is 7. The van der Waals surface area contributed by atoms with Gasteiger partial charge in [-0.15, -0.1) is 0 Å². The number of hydrogen-bond acceptors (Lipinski definition) is 8. The van der Waals surface area contributed by atoms with E-state index in [-0.39, 0.29) is 5.91 Å². The molecule has 2 aliphatic rings. The molecule has 1 aromatic heterocycles. The van der Waals surface area contributed by atoms with Crippen molar-refractivity contribution in [1.82, 2.24) is 14.9 Å². The normalized spacial score (nSPS) is 16.8. The van der Waals surface area contributed by atoms with Crippen LogP contribution in [0, 0.1) is 6.92 Å². The van der Waals surface area contributed by atoms with Crippen LogP contribution in [0.1, 0.15) is 48.2 Å². The fraction of sp³-hybridized carbons (Fsp3) is 0.560. The minimum absolute atomic E-state index is 0.0579. The Morgan fingerprint density at radius 3 is 2.15 bits per heavy atom. The lowest BCUT2D eigenvalue weighted by Crippen LogP contribution is -2.49. The van der Waals surface area contributed by atoms with Crippen LogP contribution in [0.25, 0.3) is 0 Å². The van der Waals surface area contributed by atoms with Gasteiger partial charge in [0.1, 0.15) is 5.82 Å². The quantitative estimate of drug-likeness (QED) is 0.659. The second-order valence-corrected chi connectivity index (χ2v) is 8.86. The molecule has 1 aliphatic carbocycles. The van der Waals surface area contributed by atoms with E-state index in [1.807, 2.05) is 17.9 Å². The maximum Gasteiger partial charge on any atom is 0.254 e. The molecule has 9 nitrogen and oxygen atoms in total. The van der Waals surface area contributed by atoms with Crippen LogP contribution in [0.3, 0.4) is 0 Å². The van der Waals surface area contributed by atoms with Crippen molar-refractivity contribution in [1.29, 1.82) is 0 Å². The van der Waals surface area contributed by atoms with Gasteiger partial charge in [-0.05, 0) is 31.9 Å². The Labute approximate surface area is 201 Å². The van der Waals surface area contributed by atoms with Gasteiger partial charge in [-0.25, -0.2) is 4.98 Å². The first kappa shape index (κ1) is 23.9. The number of anilines is 2. The molecule has 2 aromatic rings. The molecule has 34 heavy (non-hydrogen) atoms. The Morgan fingerprint density at radius 2 is 1.56 bits per heavy atom. The highest BCUT2D eigenvalue weighted by molar-refractivity contribution is 5.95. The van der Waals surface area contributed by atoms with Crippen molar-refractivity contribution in [3.8, 4) is 17.2 Å². The molecule has 2 fully saturated rings. The molecule has 4 rings (SSSR count). The molecule has 0 bridgehead atoms. The molecule has 1 aromatic carbocycles. The van der Waals surface area contributed by atoms with E-state index in [1.54, 1.807) is 33.5 Å². The van der Waals surface area contributed by atoms with Crippen molar-refractivity contribution < 1.29 is 19.0 Å². The molecular weight excluding hydrogens is 434 g/mol. The summed E-state index contributed by atoms with van der Waals surface area (Å²) in [7, 11) is 4.64. The molecule has 0 radical (unpaired) electrons. The van der Waals surface area contributed by atoms with E-state index in [9.17, 15) is 4.79 Å². The topological polar surface area (TPSA) is 89.1 Å². The summed E-state index contributed by atoms with van der Waals surface area (Å²) in [4.78, 5) is 26.7. The summed E-state index contributed by atoms with van der Waals surface area (Å²) in [6.07, 6.45) is 6.19. The second kappa shape index (κ2) is 10.8. The minimum atomic E-state index is -0.0579. The van der Waals surface area contributed by atoms with Gasteiger partial charge in [0.2, 0.25) is 11.7 Å². The number of aryl methyl sites for hydroxylation is 1. The van der Waals surface area contributed by atoms with Crippen molar-refractivity contribution >= 4 is 17.7 Å². The number of carbonyl (C=O) groups is 1. The Kier molecular flexibility index (Phi) is 7.59. The molecule has 2 heterocycles. The highest BCUT2D eigenvalue weighted by Crippen LogP contribution is 2.38. The summed E-state index contributed by atoms with van der Waals surface area (Å²) in [5, 5.41) is 3.53. The standard InChI is InChI=1S/C25H35N5O4/c1-17-14-22(28-25(26-17)27-19-8-6-5-7-9-19)29-10-12-30(13-11-29)24(31)18-15-20(32-2)23(34-4)21(16-18)33-3/h14-16,19H,5-13H2,1-4H3,(H,26,27,28). The van der Waals surface area contributed by atoms with E-state index in [0.717, 1.165) is 11.5 Å². The summed E-state index contributed by atoms with van der Waals surface area (Å²) >= 11 is 0. The van der Waals surface area contributed by atoms with Gasteiger partial charge in [0.05, 0.1) is 21.3 Å². The smallest absolute Gasteiger partial charge is 0.254 e. The van der Waals surface area contributed by atoms with Gasteiger partial charge < -0.3 is 29.3 Å². The average Bonchev–Trinajstić information content (AvgIpc) is 2.87. The number of benzene rings is 1.